The fraction of sp³-hybridized carbons (Fsp3) is 0.467. The topological polar surface area (TPSA) is 61.0 Å². The molecule has 0 atom stereocenters. The maximum atomic E-state index is 13.7. The largest absolute Gasteiger partial charge is 0.474 e. The second-order valence-corrected chi connectivity index (χ2v) is 6.58. The van der Waals surface area contributed by atoms with Gasteiger partial charge in [-0.05, 0) is 43.7 Å². The van der Waals surface area contributed by atoms with Gasteiger partial charge in [0.1, 0.15) is 17.4 Å². The zero-order chi connectivity index (χ0) is 15.3. The van der Waals surface area contributed by atoms with E-state index < -0.39 is 11.2 Å². The van der Waals surface area contributed by atoms with Gasteiger partial charge in [-0.25, -0.2) is 14.4 Å². The van der Waals surface area contributed by atoms with E-state index >= 15 is 0 Å². The van der Waals surface area contributed by atoms with E-state index in [9.17, 15) is 4.39 Å². The number of hydrogen-bond donors (Lipinski definition) is 1. The number of hydrogen-bond acceptors (Lipinski definition) is 4. The fourth-order valence-corrected chi connectivity index (χ4v) is 2.35. The first kappa shape index (κ1) is 14.5. The molecule has 0 aliphatic heterocycles. The van der Waals surface area contributed by atoms with Crippen molar-refractivity contribution in [2.24, 2.45) is 5.73 Å². The SMILES string of the molecule is CC(C)(N)c1cnc(OCC2(F)CC2)c2cnc(Cl)cc12. The van der Waals surface area contributed by atoms with Crippen molar-refractivity contribution in [1.82, 2.24) is 9.97 Å². The monoisotopic (exact) mass is 309 g/mol. The van der Waals surface area contributed by atoms with Crippen molar-refractivity contribution in [3.05, 3.63) is 29.2 Å². The number of nitrogens with two attached hydrogens (primary N) is 1. The maximum absolute atomic E-state index is 13.7. The summed E-state index contributed by atoms with van der Waals surface area (Å²) in [4.78, 5) is 8.34. The number of nitrogens with zero attached hydrogens (tertiary/aromatic N) is 2. The average Bonchev–Trinajstić information content (AvgIpc) is 3.12. The number of halogens is 2. The van der Waals surface area contributed by atoms with Crippen LogP contribution in [0.15, 0.2) is 18.5 Å². The Bertz CT molecular complexity index is 695. The molecule has 2 heterocycles. The fourth-order valence-electron chi connectivity index (χ4n) is 2.19. The minimum atomic E-state index is -1.19. The van der Waals surface area contributed by atoms with Crippen molar-refractivity contribution in [1.29, 1.82) is 0 Å². The third-order valence-electron chi connectivity index (χ3n) is 3.66. The molecule has 0 radical (unpaired) electrons. The van der Waals surface area contributed by atoms with Crippen molar-refractivity contribution in [2.75, 3.05) is 6.61 Å². The molecule has 3 rings (SSSR count). The van der Waals surface area contributed by atoms with Crippen molar-refractivity contribution < 1.29 is 9.13 Å². The lowest BCUT2D eigenvalue weighted by Gasteiger charge is -2.22. The molecule has 112 valence electrons. The molecule has 1 fully saturated rings. The van der Waals surface area contributed by atoms with E-state index in [1.165, 1.54) is 0 Å². The minimum Gasteiger partial charge on any atom is -0.474 e. The van der Waals surface area contributed by atoms with Crippen LogP contribution in [0.5, 0.6) is 5.88 Å². The van der Waals surface area contributed by atoms with Crippen LogP contribution in [0.25, 0.3) is 10.8 Å². The van der Waals surface area contributed by atoms with Crippen LogP contribution in [0.3, 0.4) is 0 Å². The Balaban J connectivity index is 2.06. The van der Waals surface area contributed by atoms with Crippen molar-refractivity contribution >= 4 is 22.4 Å². The highest BCUT2D eigenvalue weighted by Gasteiger charge is 2.44. The quantitative estimate of drug-likeness (QED) is 0.880. The molecule has 0 unspecified atom stereocenters. The Morgan fingerprint density at radius 3 is 2.67 bits per heavy atom. The van der Waals surface area contributed by atoms with Gasteiger partial charge in [0.15, 0.2) is 0 Å². The molecule has 0 bridgehead atoms. The van der Waals surface area contributed by atoms with Gasteiger partial charge in [0.05, 0.1) is 5.39 Å². The normalized spacial score (nSPS) is 17.0. The Labute approximate surface area is 127 Å². The van der Waals surface area contributed by atoms with E-state index in [0.29, 0.717) is 29.3 Å². The third kappa shape index (κ3) is 2.94. The molecule has 1 aliphatic carbocycles. The van der Waals surface area contributed by atoms with Crippen molar-refractivity contribution in [3.8, 4) is 5.88 Å². The van der Waals surface area contributed by atoms with Gasteiger partial charge >= 0.3 is 0 Å². The molecule has 6 heteroatoms. The molecule has 21 heavy (non-hydrogen) atoms. The van der Waals surface area contributed by atoms with Gasteiger partial charge in [0.2, 0.25) is 5.88 Å². The zero-order valence-electron chi connectivity index (χ0n) is 12.0. The first-order valence-electron chi connectivity index (χ1n) is 6.84. The van der Waals surface area contributed by atoms with Gasteiger partial charge < -0.3 is 10.5 Å². The van der Waals surface area contributed by atoms with Crippen LogP contribution in [-0.2, 0) is 5.54 Å². The smallest absolute Gasteiger partial charge is 0.223 e. The molecule has 4 nitrogen and oxygen atoms in total. The Kier molecular flexibility index (Phi) is 3.30. The minimum absolute atomic E-state index is 0.0170. The van der Waals surface area contributed by atoms with Gasteiger partial charge in [-0.15, -0.1) is 0 Å². The van der Waals surface area contributed by atoms with Gasteiger partial charge in [0.25, 0.3) is 0 Å². The van der Waals surface area contributed by atoms with Gasteiger partial charge in [-0.2, -0.15) is 0 Å². The predicted molar refractivity (Wildman–Crippen MR) is 80.3 cm³/mol. The van der Waals surface area contributed by atoms with E-state index in [0.717, 1.165) is 10.9 Å². The van der Waals surface area contributed by atoms with E-state index in [4.69, 9.17) is 22.1 Å². The molecule has 2 aromatic rings. The molecule has 0 aromatic carbocycles. The third-order valence-corrected chi connectivity index (χ3v) is 3.86. The number of alkyl halides is 1. The molecule has 2 N–H and O–H groups in total. The van der Waals surface area contributed by atoms with Crippen LogP contribution >= 0.6 is 11.6 Å². The Morgan fingerprint density at radius 2 is 2.05 bits per heavy atom. The summed E-state index contributed by atoms with van der Waals surface area (Å²) in [7, 11) is 0. The zero-order valence-corrected chi connectivity index (χ0v) is 12.7. The first-order chi connectivity index (χ1) is 9.78. The molecule has 1 aliphatic rings. The molecule has 0 spiro atoms. The summed E-state index contributed by atoms with van der Waals surface area (Å²) in [5, 5.41) is 1.89. The summed E-state index contributed by atoms with van der Waals surface area (Å²) in [6, 6.07) is 1.73. The summed E-state index contributed by atoms with van der Waals surface area (Å²) in [6.45, 7) is 3.79. The highest BCUT2D eigenvalue weighted by atomic mass is 35.5. The number of rotatable bonds is 4. The summed E-state index contributed by atoms with van der Waals surface area (Å²) in [6.07, 6.45) is 4.34. The van der Waals surface area contributed by atoms with Crippen LogP contribution in [0, 0.1) is 0 Å². The number of fused-ring (bicyclic) bond motifs is 1. The molecular weight excluding hydrogens is 293 g/mol. The van der Waals surface area contributed by atoms with Crippen LogP contribution in [0.1, 0.15) is 32.3 Å². The molecule has 0 amide bonds. The average molecular weight is 310 g/mol. The Hall–Kier alpha value is -1.46. The van der Waals surface area contributed by atoms with Crippen LogP contribution in [0.2, 0.25) is 5.15 Å². The second kappa shape index (κ2) is 4.78. The van der Waals surface area contributed by atoms with E-state index in [-0.39, 0.29) is 6.61 Å². The van der Waals surface area contributed by atoms with Crippen LogP contribution in [0.4, 0.5) is 4.39 Å². The molecule has 2 aromatic heterocycles. The number of ether oxygens (including phenoxy) is 1. The summed E-state index contributed by atoms with van der Waals surface area (Å²) in [5.41, 5.74) is 5.24. The van der Waals surface area contributed by atoms with Crippen molar-refractivity contribution in [3.63, 3.8) is 0 Å². The van der Waals surface area contributed by atoms with E-state index in [1.54, 1.807) is 18.5 Å². The summed E-state index contributed by atoms with van der Waals surface area (Å²) >= 11 is 5.98. The molecule has 1 saturated carbocycles. The second-order valence-electron chi connectivity index (χ2n) is 6.19. The highest BCUT2D eigenvalue weighted by Crippen LogP contribution is 2.40. The van der Waals surface area contributed by atoms with Crippen LogP contribution in [-0.4, -0.2) is 22.2 Å². The van der Waals surface area contributed by atoms with Gasteiger partial charge in [-0.3, -0.25) is 0 Å². The maximum Gasteiger partial charge on any atom is 0.223 e. The summed E-state index contributed by atoms with van der Waals surface area (Å²) in [5.74, 6) is 0.367. The lowest BCUT2D eigenvalue weighted by molar-refractivity contribution is 0.174. The van der Waals surface area contributed by atoms with E-state index in [2.05, 4.69) is 9.97 Å². The lowest BCUT2D eigenvalue weighted by atomic mass is 9.93. The first-order valence-corrected chi connectivity index (χ1v) is 7.22. The number of pyridine rings is 2. The number of aromatic nitrogens is 2. The lowest BCUT2D eigenvalue weighted by Crippen LogP contribution is -2.29. The molecular formula is C15H17ClFN3O. The van der Waals surface area contributed by atoms with Gasteiger partial charge in [-0.1, -0.05) is 11.6 Å². The molecule has 0 saturated heterocycles. The highest BCUT2D eigenvalue weighted by molar-refractivity contribution is 6.30. The predicted octanol–water partition coefficient (Wildman–Crippen LogP) is 3.36. The van der Waals surface area contributed by atoms with E-state index in [1.807, 2.05) is 13.8 Å². The Morgan fingerprint density at radius 1 is 1.33 bits per heavy atom. The standard InChI is InChI=1S/C15H17ClFN3O/c1-14(2,18)11-7-20-13(21-8-15(17)3-4-15)10-6-19-12(16)5-9(10)11/h5-7H,3-4,8,18H2,1-2H3. The van der Waals surface area contributed by atoms with Gasteiger partial charge in [0, 0.05) is 17.9 Å². The van der Waals surface area contributed by atoms with Crippen molar-refractivity contribution in [2.45, 2.75) is 37.9 Å². The van der Waals surface area contributed by atoms with Crippen LogP contribution < -0.4 is 10.5 Å². The summed E-state index contributed by atoms with van der Waals surface area (Å²) < 4.78 is 19.3.